The lowest BCUT2D eigenvalue weighted by Gasteiger charge is -2.18. The van der Waals surface area contributed by atoms with Crippen molar-refractivity contribution in [2.75, 3.05) is 12.8 Å². The molecule has 0 aliphatic carbocycles. The Morgan fingerprint density at radius 3 is 2.79 bits per heavy atom. The third-order valence-electron chi connectivity index (χ3n) is 4.14. The van der Waals surface area contributed by atoms with Gasteiger partial charge >= 0.3 is 17.6 Å². The summed E-state index contributed by atoms with van der Waals surface area (Å²) < 4.78 is 23.8. The predicted octanol–water partition coefficient (Wildman–Crippen LogP) is -0.0910. The summed E-state index contributed by atoms with van der Waals surface area (Å²) in [5.74, 6) is -1.09. The maximum atomic E-state index is 13.0. The minimum Gasteiger partial charge on any atom is -0.457 e. The van der Waals surface area contributed by atoms with Crippen LogP contribution in [0.3, 0.4) is 0 Å². The summed E-state index contributed by atoms with van der Waals surface area (Å²) in [6.07, 6.45) is -1.31. The number of hydrogen-bond donors (Lipinski definition) is 1. The van der Waals surface area contributed by atoms with Crippen molar-refractivity contribution in [2.24, 2.45) is 0 Å². The zero-order valence-corrected chi connectivity index (χ0v) is 15.7. The van der Waals surface area contributed by atoms with Crippen molar-refractivity contribution in [1.82, 2.24) is 19.1 Å². The minimum absolute atomic E-state index is 0.0492. The number of imidazole rings is 1. The van der Waals surface area contributed by atoms with E-state index in [1.54, 1.807) is 6.92 Å². The molecule has 0 spiro atoms. The van der Waals surface area contributed by atoms with E-state index >= 15 is 0 Å². The first-order chi connectivity index (χ1) is 13.3. The molecule has 0 saturated carbocycles. The number of nitrogens with zero attached hydrogens (tertiary/aromatic N) is 4. The van der Waals surface area contributed by atoms with E-state index in [9.17, 15) is 14.4 Å². The molecule has 1 saturated heterocycles. The Hall–Kier alpha value is -2.99. The van der Waals surface area contributed by atoms with Crippen molar-refractivity contribution in [3.05, 3.63) is 16.7 Å². The molecule has 12 heteroatoms. The van der Waals surface area contributed by atoms with Crippen molar-refractivity contribution in [3.8, 4) is 0 Å². The third kappa shape index (κ3) is 3.68. The molecule has 152 valence electrons. The number of aromatic nitrogens is 4. The van der Waals surface area contributed by atoms with Crippen LogP contribution in [0, 0.1) is 0 Å². The van der Waals surface area contributed by atoms with Gasteiger partial charge in [-0.25, -0.2) is 14.3 Å². The number of hydrogen-bond acceptors (Lipinski definition) is 10. The smallest absolute Gasteiger partial charge is 0.334 e. The van der Waals surface area contributed by atoms with Gasteiger partial charge in [0, 0.05) is 20.5 Å². The summed E-state index contributed by atoms with van der Waals surface area (Å²) in [4.78, 5) is 44.2. The number of nitrogens with two attached hydrogens (primary N) is 1. The van der Waals surface area contributed by atoms with E-state index in [-0.39, 0.29) is 31.2 Å². The lowest BCUT2D eigenvalue weighted by atomic mass is 10.2. The topological polar surface area (TPSA) is 150 Å². The van der Waals surface area contributed by atoms with Gasteiger partial charge in [-0.1, -0.05) is 6.92 Å². The Kier molecular flexibility index (Phi) is 5.61. The highest BCUT2D eigenvalue weighted by Gasteiger charge is 2.43. The summed E-state index contributed by atoms with van der Waals surface area (Å²) in [6.45, 7) is 2.81. The van der Waals surface area contributed by atoms with Crippen molar-refractivity contribution in [1.29, 1.82) is 0 Å². The van der Waals surface area contributed by atoms with Crippen molar-refractivity contribution < 1.29 is 28.5 Å². The molecule has 1 aliphatic rings. The van der Waals surface area contributed by atoms with Gasteiger partial charge in [0.1, 0.15) is 12.2 Å². The van der Waals surface area contributed by atoms with Crippen molar-refractivity contribution in [2.45, 2.75) is 52.0 Å². The number of anilines is 1. The average Bonchev–Trinajstić information content (AvgIpc) is 3.12. The SMILES string of the molecule is CCC(=O)O[C@H]1C[C@@H](OC(C)=O)[C@H](n2c(=O)n(COC)c3cnc(N)nc32)O1. The molecular weight excluding hydrogens is 374 g/mol. The molecule has 0 unspecified atom stereocenters. The number of rotatable bonds is 6. The number of carbonyl (C=O) groups excluding carboxylic acids is 2. The molecule has 0 aromatic carbocycles. The predicted molar refractivity (Wildman–Crippen MR) is 93.7 cm³/mol. The largest absolute Gasteiger partial charge is 0.457 e. The Bertz CT molecular complexity index is 953. The van der Waals surface area contributed by atoms with E-state index in [1.165, 1.54) is 29.4 Å². The Morgan fingerprint density at radius 2 is 2.14 bits per heavy atom. The summed E-state index contributed by atoms with van der Waals surface area (Å²) in [6, 6.07) is 0. The van der Waals surface area contributed by atoms with Crippen molar-refractivity contribution >= 4 is 29.1 Å². The molecule has 0 bridgehead atoms. The molecule has 0 amide bonds. The quantitative estimate of drug-likeness (QED) is 0.657. The molecule has 3 atom stereocenters. The maximum Gasteiger partial charge on any atom is 0.334 e. The normalized spacial score (nSPS) is 21.8. The Balaban J connectivity index is 2.08. The first kappa shape index (κ1) is 19.8. The van der Waals surface area contributed by atoms with Gasteiger partial charge in [-0.15, -0.1) is 0 Å². The standard InChI is InChI=1S/C16H21N5O7/c1-4-11(23)27-12-5-10(26-8(2)22)14(28-12)21-13-9(6-18-15(17)19-13)20(7-25-3)16(21)24/h6,10,12,14H,4-5,7H2,1-3H3,(H2,17,18,19)/t10-,12-,14-/m1/s1. The van der Waals surface area contributed by atoms with E-state index < -0.39 is 36.3 Å². The van der Waals surface area contributed by atoms with Crippen LogP contribution in [0.4, 0.5) is 5.95 Å². The number of ether oxygens (including phenoxy) is 4. The van der Waals surface area contributed by atoms with E-state index in [2.05, 4.69) is 9.97 Å². The van der Waals surface area contributed by atoms with E-state index in [0.29, 0.717) is 5.52 Å². The van der Waals surface area contributed by atoms with Gasteiger partial charge in [0.25, 0.3) is 0 Å². The molecule has 2 aromatic rings. The number of fused-ring (bicyclic) bond motifs is 1. The summed E-state index contributed by atoms with van der Waals surface area (Å²) in [5.41, 5.74) is 5.69. The van der Waals surface area contributed by atoms with Crippen LogP contribution in [0.2, 0.25) is 0 Å². The Labute approximate surface area is 159 Å². The summed E-state index contributed by atoms with van der Waals surface area (Å²) in [5, 5.41) is 0. The molecule has 28 heavy (non-hydrogen) atoms. The van der Waals surface area contributed by atoms with E-state index in [1.807, 2.05) is 0 Å². The van der Waals surface area contributed by atoms with Crippen LogP contribution in [0.5, 0.6) is 0 Å². The fourth-order valence-electron chi connectivity index (χ4n) is 3.01. The number of esters is 2. The van der Waals surface area contributed by atoms with Gasteiger partial charge in [-0.05, 0) is 0 Å². The maximum absolute atomic E-state index is 13.0. The fraction of sp³-hybridized carbons (Fsp3) is 0.562. The van der Waals surface area contributed by atoms with Crippen LogP contribution < -0.4 is 11.4 Å². The zero-order chi connectivity index (χ0) is 20.4. The number of carbonyl (C=O) groups is 2. The van der Waals surface area contributed by atoms with Crippen LogP contribution >= 0.6 is 0 Å². The number of nitrogen functional groups attached to an aromatic ring is 1. The zero-order valence-electron chi connectivity index (χ0n) is 15.7. The Morgan fingerprint density at radius 1 is 1.39 bits per heavy atom. The summed E-state index contributed by atoms with van der Waals surface area (Å²) in [7, 11) is 1.43. The van der Waals surface area contributed by atoms with Crippen LogP contribution in [0.25, 0.3) is 11.2 Å². The van der Waals surface area contributed by atoms with Gasteiger partial charge < -0.3 is 24.7 Å². The molecule has 2 N–H and O–H groups in total. The van der Waals surface area contributed by atoms with Crippen LogP contribution in [-0.2, 0) is 35.3 Å². The molecule has 3 rings (SSSR count). The molecular formula is C16H21N5O7. The van der Waals surface area contributed by atoms with Crippen LogP contribution in [0.1, 0.15) is 32.9 Å². The van der Waals surface area contributed by atoms with Crippen LogP contribution in [0.15, 0.2) is 11.0 Å². The first-order valence-electron chi connectivity index (χ1n) is 8.60. The van der Waals surface area contributed by atoms with E-state index in [4.69, 9.17) is 24.7 Å². The van der Waals surface area contributed by atoms with Gasteiger partial charge in [-0.3, -0.25) is 14.2 Å². The second-order valence-corrected chi connectivity index (χ2v) is 6.12. The van der Waals surface area contributed by atoms with Gasteiger partial charge in [0.15, 0.2) is 18.0 Å². The highest BCUT2D eigenvalue weighted by Crippen LogP contribution is 2.33. The molecule has 3 heterocycles. The highest BCUT2D eigenvalue weighted by molar-refractivity contribution is 5.72. The number of methoxy groups -OCH3 is 1. The van der Waals surface area contributed by atoms with Gasteiger partial charge in [-0.2, -0.15) is 4.98 Å². The second kappa shape index (κ2) is 7.94. The highest BCUT2D eigenvalue weighted by atomic mass is 16.7. The van der Waals surface area contributed by atoms with Crippen molar-refractivity contribution in [3.63, 3.8) is 0 Å². The molecule has 1 aliphatic heterocycles. The summed E-state index contributed by atoms with van der Waals surface area (Å²) >= 11 is 0. The van der Waals surface area contributed by atoms with E-state index in [0.717, 1.165) is 0 Å². The van der Waals surface area contributed by atoms with Gasteiger partial charge in [0.05, 0.1) is 12.6 Å². The minimum atomic E-state index is -1.07. The average molecular weight is 395 g/mol. The molecule has 1 fully saturated rings. The third-order valence-corrected chi connectivity index (χ3v) is 4.14. The first-order valence-corrected chi connectivity index (χ1v) is 8.60. The molecule has 12 nitrogen and oxygen atoms in total. The molecule has 2 aromatic heterocycles. The molecule has 0 radical (unpaired) electrons. The van der Waals surface area contributed by atoms with Gasteiger partial charge in [0.2, 0.25) is 12.2 Å². The lowest BCUT2D eigenvalue weighted by Crippen LogP contribution is -2.34. The second-order valence-electron chi connectivity index (χ2n) is 6.12. The fourth-order valence-corrected chi connectivity index (χ4v) is 3.01. The monoisotopic (exact) mass is 395 g/mol. The van der Waals surface area contributed by atoms with Crippen LogP contribution in [-0.4, -0.2) is 50.5 Å². The lowest BCUT2D eigenvalue weighted by molar-refractivity contribution is -0.183.